The molecular formula is C14H24N2O5S. The minimum absolute atomic E-state index is 0.0157. The summed E-state index contributed by atoms with van der Waals surface area (Å²) in [7, 11) is 0. The molecule has 22 heavy (non-hydrogen) atoms. The van der Waals surface area contributed by atoms with Crippen LogP contribution < -0.4 is 5.32 Å². The molecule has 0 radical (unpaired) electrons. The molecule has 0 spiro atoms. The minimum Gasteiger partial charge on any atom is -0.480 e. The number of morpholine rings is 1. The molecule has 8 heteroatoms. The summed E-state index contributed by atoms with van der Waals surface area (Å²) in [6.45, 7) is 6.07. The number of carboxylic acids is 1. The van der Waals surface area contributed by atoms with Crippen molar-refractivity contribution in [1.29, 1.82) is 0 Å². The Hall–Kier alpha value is -1.28. The number of amides is 2. The topological polar surface area (TPSA) is 95.9 Å². The van der Waals surface area contributed by atoms with Gasteiger partial charge in [0.1, 0.15) is 6.04 Å². The lowest BCUT2D eigenvalue weighted by molar-refractivity contribution is -0.142. The second-order valence-corrected chi connectivity index (χ2v) is 6.56. The smallest absolute Gasteiger partial charge is 0.326 e. The third-order valence-electron chi connectivity index (χ3n) is 3.16. The Bertz CT molecular complexity index is 397. The van der Waals surface area contributed by atoms with Crippen LogP contribution in [0.5, 0.6) is 0 Å². The number of aliphatic carboxylic acids is 1. The van der Waals surface area contributed by atoms with Crippen molar-refractivity contribution in [3.05, 3.63) is 0 Å². The number of hydrogen-bond acceptors (Lipinski definition) is 5. The number of carbonyl (C=O) groups is 3. The Morgan fingerprint density at radius 2 is 1.86 bits per heavy atom. The standard InChI is InChI=1S/C14H24N2O5S/c1-10(2)7-11(14(19)20)15-12(17)8-22-9-13(18)16-3-5-21-6-4-16/h10-11H,3-9H2,1-2H3,(H,15,17)(H,19,20). The van der Waals surface area contributed by atoms with E-state index in [0.29, 0.717) is 32.7 Å². The summed E-state index contributed by atoms with van der Waals surface area (Å²) in [6.07, 6.45) is 0.387. The third-order valence-corrected chi connectivity index (χ3v) is 4.08. The van der Waals surface area contributed by atoms with Crippen LogP contribution in [0.25, 0.3) is 0 Å². The SMILES string of the molecule is CC(C)CC(NC(=O)CSCC(=O)N1CCOCC1)C(=O)O. The van der Waals surface area contributed by atoms with E-state index in [-0.39, 0.29) is 29.2 Å². The van der Waals surface area contributed by atoms with E-state index in [1.54, 1.807) is 4.90 Å². The van der Waals surface area contributed by atoms with Crippen LogP contribution in [0.4, 0.5) is 0 Å². The molecule has 1 atom stereocenters. The van der Waals surface area contributed by atoms with Crippen LogP contribution in [0.15, 0.2) is 0 Å². The van der Waals surface area contributed by atoms with Crippen molar-refractivity contribution >= 4 is 29.5 Å². The quantitative estimate of drug-likeness (QED) is 0.659. The summed E-state index contributed by atoms with van der Waals surface area (Å²) in [5, 5.41) is 11.6. The van der Waals surface area contributed by atoms with Crippen molar-refractivity contribution in [2.45, 2.75) is 26.3 Å². The second kappa shape index (κ2) is 9.68. The zero-order valence-corrected chi connectivity index (χ0v) is 13.9. The summed E-state index contributed by atoms with van der Waals surface area (Å²) in [5.41, 5.74) is 0. The van der Waals surface area contributed by atoms with Gasteiger partial charge >= 0.3 is 5.97 Å². The maximum atomic E-state index is 11.9. The number of carboxylic acid groups (broad SMARTS) is 1. The van der Waals surface area contributed by atoms with Crippen LogP contribution in [0.2, 0.25) is 0 Å². The van der Waals surface area contributed by atoms with Crippen molar-refractivity contribution in [3.8, 4) is 0 Å². The van der Waals surface area contributed by atoms with E-state index < -0.39 is 12.0 Å². The zero-order chi connectivity index (χ0) is 16.5. The highest BCUT2D eigenvalue weighted by molar-refractivity contribution is 8.00. The molecular weight excluding hydrogens is 308 g/mol. The van der Waals surface area contributed by atoms with Crippen LogP contribution in [-0.2, 0) is 19.1 Å². The predicted molar refractivity (Wildman–Crippen MR) is 83.7 cm³/mol. The fourth-order valence-corrected chi connectivity index (χ4v) is 2.79. The number of nitrogens with zero attached hydrogens (tertiary/aromatic N) is 1. The molecule has 0 aliphatic carbocycles. The Kier molecular flexibility index (Phi) is 8.26. The van der Waals surface area contributed by atoms with Crippen molar-refractivity contribution in [2.75, 3.05) is 37.8 Å². The molecule has 1 unspecified atom stereocenters. The maximum absolute atomic E-state index is 11.9. The highest BCUT2D eigenvalue weighted by atomic mass is 32.2. The summed E-state index contributed by atoms with van der Waals surface area (Å²) in [5.74, 6) is -0.924. The lowest BCUT2D eigenvalue weighted by atomic mass is 10.0. The van der Waals surface area contributed by atoms with Crippen molar-refractivity contribution < 1.29 is 24.2 Å². The molecule has 0 aromatic rings. The van der Waals surface area contributed by atoms with Crippen molar-refractivity contribution in [3.63, 3.8) is 0 Å². The fourth-order valence-electron chi connectivity index (χ4n) is 2.06. The number of rotatable bonds is 8. The Morgan fingerprint density at radius 1 is 1.23 bits per heavy atom. The molecule has 1 aliphatic heterocycles. The number of thioether (sulfide) groups is 1. The monoisotopic (exact) mass is 332 g/mol. The molecule has 0 aromatic carbocycles. The molecule has 1 heterocycles. The third kappa shape index (κ3) is 7.13. The average Bonchev–Trinajstić information content (AvgIpc) is 2.46. The predicted octanol–water partition coefficient (Wildman–Crippen LogP) is 0.194. The van der Waals surface area contributed by atoms with E-state index in [4.69, 9.17) is 9.84 Å². The fraction of sp³-hybridized carbons (Fsp3) is 0.786. The Morgan fingerprint density at radius 3 is 2.41 bits per heavy atom. The minimum atomic E-state index is -1.03. The first kappa shape index (κ1) is 18.8. The van der Waals surface area contributed by atoms with Gasteiger partial charge in [0.25, 0.3) is 0 Å². The summed E-state index contributed by atoms with van der Waals surface area (Å²) in [6, 6.07) is -0.872. The molecule has 1 aliphatic rings. The highest BCUT2D eigenvalue weighted by Gasteiger charge is 2.21. The first-order valence-electron chi connectivity index (χ1n) is 7.35. The van der Waals surface area contributed by atoms with E-state index in [2.05, 4.69) is 5.32 Å². The summed E-state index contributed by atoms with van der Waals surface area (Å²) < 4.78 is 5.17. The second-order valence-electron chi connectivity index (χ2n) is 5.57. The zero-order valence-electron chi connectivity index (χ0n) is 13.0. The number of hydrogen-bond donors (Lipinski definition) is 2. The number of ether oxygens (including phenoxy) is 1. The Balaban J connectivity index is 2.26. The molecule has 2 N–H and O–H groups in total. The molecule has 126 valence electrons. The van der Waals surface area contributed by atoms with Gasteiger partial charge in [0, 0.05) is 13.1 Å². The van der Waals surface area contributed by atoms with Gasteiger partial charge in [-0.05, 0) is 12.3 Å². The molecule has 1 rings (SSSR count). The normalized spacial score (nSPS) is 16.4. The molecule has 2 amide bonds. The van der Waals surface area contributed by atoms with Crippen LogP contribution in [0.1, 0.15) is 20.3 Å². The van der Waals surface area contributed by atoms with E-state index in [9.17, 15) is 14.4 Å². The molecule has 1 saturated heterocycles. The summed E-state index contributed by atoms with van der Waals surface area (Å²) >= 11 is 1.20. The van der Waals surface area contributed by atoms with E-state index in [1.165, 1.54) is 11.8 Å². The van der Waals surface area contributed by atoms with Gasteiger partial charge in [-0.15, -0.1) is 11.8 Å². The van der Waals surface area contributed by atoms with Crippen LogP contribution >= 0.6 is 11.8 Å². The van der Waals surface area contributed by atoms with Crippen LogP contribution in [0, 0.1) is 5.92 Å². The van der Waals surface area contributed by atoms with Crippen LogP contribution in [0.3, 0.4) is 0 Å². The first-order chi connectivity index (χ1) is 10.4. The molecule has 7 nitrogen and oxygen atoms in total. The van der Waals surface area contributed by atoms with Gasteiger partial charge in [-0.1, -0.05) is 13.8 Å². The average molecular weight is 332 g/mol. The Labute approximate surface area is 134 Å². The van der Waals surface area contributed by atoms with Crippen molar-refractivity contribution in [2.24, 2.45) is 5.92 Å². The van der Waals surface area contributed by atoms with Gasteiger partial charge in [-0.25, -0.2) is 4.79 Å². The molecule has 0 aromatic heterocycles. The maximum Gasteiger partial charge on any atom is 0.326 e. The molecule has 0 saturated carbocycles. The van der Waals surface area contributed by atoms with Gasteiger partial charge < -0.3 is 20.1 Å². The van der Waals surface area contributed by atoms with Gasteiger partial charge in [-0.2, -0.15) is 0 Å². The highest BCUT2D eigenvalue weighted by Crippen LogP contribution is 2.07. The van der Waals surface area contributed by atoms with Gasteiger partial charge in [0.15, 0.2) is 0 Å². The van der Waals surface area contributed by atoms with E-state index in [0.717, 1.165) is 0 Å². The lowest BCUT2D eigenvalue weighted by Gasteiger charge is -2.26. The van der Waals surface area contributed by atoms with Gasteiger partial charge in [0.05, 0.1) is 24.7 Å². The summed E-state index contributed by atoms with van der Waals surface area (Å²) in [4.78, 5) is 36.4. The van der Waals surface area contributed by atoms with Gasteiger partial charge in [0.2, 0.25) is 11.8 Å². The number of nitrogens with one attached hydrogen (secondary N) is 1. The molecule has 1 fully saturated rings. The first-order valence-corrected chi connectivity index (χ1v) is 8.51. The van der Waals surface area contributed by atoms with Crippen molar-refractivity contribution in [1.82, 2.24) is 10.2 Å². The van der Waals surface area contributed by atoms with Crippen LogP contribution in [-0.4, -0.2) is 71.6 Å². The van der Waals surface area contributed by atoms with E-state index in [1.807, 2.05) is 13.8 Å². The molecule has 0 bridgehead atoms. The van der Waals surface area contributed by atoms with Gasteiger partial charge in [-0.3, -0.25) is 9.59 Å². The lowest BCUT2D eigenvalue weighted by Crippen LogP contribution is -2.43. The number of carbonyl (C=O) groups excluding carboxylic acids is 2. The van der Waals surface area contributed by atoms with E-state index >= 15 is 0 Å². The largest absolute Gasteiger partial charge is 0.480 e.